The van der Waals surface area contributed by atoms with Crippen LogP contribution >= 0.6 is 23.2 Å². The second-order valence-electron chi connectivity index (χ2n) is 4.26. The van der Waals surface area contributed by atoms with Crippen LogP contribution in [0.15, 0.2) is 12.1 Å². The van der Waals surface area contributed by atoms with Gasteiger partial charge in [0.2, 0.25) is 0 Å². The van der Waals surface area contributed by atoms with Crippen molar-refractivity contribution in [2.75, 3.05) is 19.5 Å². The molecule has 1 heterocycles. The summed E-state index contributed by atoms with van der Waals surface area (Å²) in [7, 11) is 1.16. The molecule has 0 radical (unpaired) electrons. The van der Waals surface area contributed by atoms with Crippen LogP contribution in [-0.2, 0) is 4.74 Å². The molecule has 122 valence electrons. The van der Waals surface area contributed by atoms with Gasteiger partial charge in [-0.05, 0) is 19.1 Å². The molecule has 23 heavy (non-hydrogen) atoms. The number of hydrogen-bond donors (Lipinski definition) is 1. The third-order valence-corrected chi connectivity index (χ3v) is 3.50. The topological polar surface area (TPSA) is 87.3 Å². The van der Waals surface area contributed by atoms with Gasteiger partial charge in [0.15, 0.2) is 23.1 Å². The van der Waals surface area contributed by atoms with Gasteiger partial charge in [-0.3, -0.25) is 0 Å². The molecule has 6 nitrogen and oxygen atoms in total. The lowest BCUT2D eigenvalue weighted by Crippen LogP contribution is -2.10. The summed E-state index contributed by atoms with van der Waals surface area (Å²) < 4.78 is 24.3. The number of anilines is 1. The smallest absolute Gasteiger partial charge is 0.358 e. The van der Waals surface area contributed by atoms with Crippen molar-refractivity contribution >= 4 is 35.0 Å². The molecule has 1 aromatic carbocycles. The van der Waals surface area contributed by atoms with E-state index in [0.29, 0.717) is 0 Å². The van der Waals surface area contributed by atoms with Crippen LogP contribution in [0.5, 0.6) is 5.75 Å². The zero-order chi connectivity index (χ0) is 17.1. The first-order valence-corrected chi connectivity index (χ1v) is 7.18. The summed E-state index contributed by atoms with van der Waals surface area (Å²) in [5.74, 6) is -2.03. The average molecular weight is 360 g/mol. The molecule has 0 aliphatic heterocycles. The number of rotatable bonds is 4. The fraction of sp³-hybridized carbons (Fsp3) is 0.214. The van der Waals surface area contributed by atoms with E-state index in [1.165, 1.54) is 12.1 Å². The largest absolute Gasteiger partial charge is 0.489 e. The third-order valence-electron chi connectivity index (χ3n) is 2.83. The van der Waals surface area contributed by atoms with E-state index in [1.807, 2.05) is 0 Å². The molecule has 0 saturated heterocycles. The van der Waals surface area contributed by atoms with Crippen molar-refractivity contribution in [1.82, 2.24) is 9.97 Å². The van der Waals surface area contributed by atoms with Crippen molar-refractivity contribution in [2.24, 2.45) is 0 Å². The van der Waals surface area contributed by atoms with Gasteiger partial charge in [-0.2, -0.15) is 0 Å². The van der Waals surface area contributed by atoms with Crippen LogP contribution in [0.25, 0.3) is 11.4 Å². The molecular formula is C14H12Cl2FN3O3. The SMILES string of the molecule is CCOc1c(Cl)ccc(-c2nc(N)c(Cl)c(C(=O)OC)n2)c1F. The predicted octanol–water partition coefficient (Wildman–Crippen LogP) is 3.36. The molecule has 2 rings (SSSR count). The highest BCUT2D eigenvalue weighted by Crippen LogP contribution is 2.35. The maximum Gasteiger partial charge on any atom is 0.358 e. The number of aromatic nitrogens is 2. The number of carbonyl (C=O) groups is 1. The van der Waals surface area contributed by atoms with E-state index >= 15 is 0 Å². The van der Waals surface area contributed by atoms with Crippen LogP contribution in [0, 0.1) is 5.82 Å². The summed E-state index contributed by atoms with van der Waals surface area (Å²) in [5, 5.41) is -0.0665. The van der Waals surface area contributed by atoms with Crippen LogP contribution in [-0.4, -0.2) is 29.7 Å². The van der Waals surface area contributed by atoms with E-state index in [9.17, 15) is 9.18 Å². The lowest BCUT2D eigenvalue weighted by molar-refractivity contribution is 0.0594. The lowest BCUT2D eigenvalue weighted by atomic mass is 10.1. The summed E-state index contributed by atoms with van der Waals surface area (Å²) in [6.45, 7) is 1.91. The molecule has 0 amide bonds. The van der Waals surface area contributed by atoms with Gasteiger partial charge in [-0.1, -0.05) is 23.2 Å². The Balaban J connectivity index is 2.65. The van der Waals surface area contributed by atoms with Gasteiger partial charge < -0.3 is 15.2 Å². The van der Waals surface area contributed by atoms with Crippen LogP contribution in [0.2, 0.25) is 10.0 Å². The molecule has 2 N–H and O–H groups in total. The van der Waals surface area contributed by atoms with E-state index in [1.54, 1.807) is 6.92 Å². The Hall–Kier alpha value is -2.12. The molecular weight excluding hydrogens is 348 g/mol. The summed E-state index contributed by atoms with van der Waals surface area (Å²) >= 11 is 11.8. The fourth-order valence-electron chi connectivity index (χ4n) is 1.80. The van der Waals surface area contributed by atoms with Crippen molar-refractivity contribution in [1.29, 1.82) is 0 Å². The minimum absolute atomic E-state index is 0.0358. The Labute approximate surface area is 141 Å². The highest BCUT2D eigenvalue weighted by molar-refractivity contribution is 6.35. The molecule has 9 heteroatoms. The number of nitrogen functional groups attached to an aromatic ring is 1. The van der Waals surface area contributed by atoms with Crippen molar-refractivity contribution in [3.8, 4) is 17.1 Å². The third kappa shape index (κ3) is 3.30. The predicted molar refractivity (Wildman–Crippen MR) is 84.4 cm³/mol. The van der Waals surface area contributed by atoms with Crippen molar-refractivity contribution < 1.29 is 18.7 Å². The number of ether oxygens (including phenoxy) is 2. The number of nitrogens with two attached hydrogens (primary N) is 1. The van der Waals surface area contributed by atoms with Gasteiger partial charge >= 0.3 is 5.97 Å². The van der Waals surface area contributed by atoms with Crippen LogP contribution in [0.4, 0.5) is 10.2 Å². The molecule has 0 saturated carbocycles. The zero-order valence-corrected chi connectivity index (χ0v) is 13.7. The summed E-state index contributed by atoms with van der Waals surface area (Å²) in [6, 6.07) is 2.78. The van der Waals surface area contributed by atoms with E-state index in [0.717, 1.165) is 7.11 Å². The first kappa shape index (κ1) is 17.2. The van der Waals surface area contributed by atoms with E-state index in [-0.39, 0.29) is 45.3 Å². The Kier molecular flexibility index (Phi) is 5.23. The maximum atomic E-state index is 14.6. The molecule has 0 spiro atoms. The second kappa shape index (κ2) is 6.97. The van der Waals surface area contributed by atoms with E-state index in [2.05, 4.69) is 14.7 Å². The van der Waals surface area contributed by atoms with Crippen molar-refractivity contribution in [3.63, 3.8) is 0 Å². The Morgan fingerprint density at radius 2 is 2.04 bits per heavy atom. The molecule has 0 fully saturated rings. The van der Waals surface area contributed by atoms with Crippen LogP contribution < -0.4 is 10.5 Å². The van der Waals surface area contributed by atoms with Gasteiger partial charge in [0.1, 0.15) is 10.8 Å². The summed E-state index contributed by atoms with van der Waals surface area (Å²) in [5.41, 5.74) is 5.36. The quantitative estimate of drug-likeness (QED) is 0.842. The molecule has 1 aromatic heterocycles. The molecule has 0 aliphatic carbocycles. The number of methoxy groups -OCH3 is 1. The standard InChI is InChI=1S/C14H12Cl2FN3O3/c1-3-23-11-7(15)5-4-6(9(11)17)13-19-10(14(21)22-2)8(16)12(18)20-13/h4-5H,3H2,1-2H3,(H2,18,19,20). The maximum absolute atomic E-state index is 14.6. The molecule has 0 aliphatic rings. The highest BCUT2D eigenvalue weighted by Gasteiger charge is 2.22. The van der Waals surface area contributed by atoms with Crippen molar-refractivity contribution in [2.45, 2.75) is 6.92 Å². The molecule has 0 bridgehead atoms. The van der Waals surface area contributed by atoms with Gasteiger partial charge in [-0.15, -0.1) is 0 Å². The molecule has 2 aromatic rings. The van der Waals surface area contributed by atoms with Crippen LogP contribution in [0.3, 0.4) is 0 Å². The van der Waals surface area contributed by atoms with E-state index < -0.39 is 11.8 Å². The molecule has 0 unspecified atom stereocenters. The van der Waals surface area contributed by atoms with Gasteiger partial charge in [0.05, 0.1) is 24.3 Å². The van der Waals surface area contributed by atoms with Gasteiger partial charge in [-0.25, -0.2) is 19.2 Å². The normalized spacial score (nSPS) is 10.5. The summed E-state index contributed by atoms with van der Waals surface area (Å²) in [4.78, 5) is 19.5. The Bertz CT molecular complexity index is 771. The summed E-state index contributed by atoms with van der Waals surface area (Å²) in [6.07, 6.45) is 0. The lowest BCUT2D eigenvalue weighted by Gasteiger charge is -2.11. The fourth-order valence-corrected chi connectivity index (χ4v) is 2.16. The van der Waals surface area contributed by atoms with Gasteiger partial charge in [0.25, 0.3) is 0 Å². The Morgan fingerprint density at radius 1 is 1.35 bits per heavy atom. The Morgan fingerprint density at radius 3 is 2.65 bits per heavy atom. The zero-order valence-electron chi connectivity index (χ0n) is 12.2. The number of benzene rings is 1. The minimum Gasteiger partial charge on any atom is -0.489 e. The number of nitrogens with zero attached hydrogens (tertiary/aromatic N) is 2. The van der Waals surface area contributed by atoms with E-state index in [4.69, 9.17) is 33.7 Å². The first-order valence-electron chi connectivity index (χ1n) is 6.43. The van der Waals surface area contributed by atoms with Crippen LogP contribution in [0.1, 0.15) is 17.4 Å². The number of esters is 1. The van der Waals surface area contributed by atoms with Gasteiger partial charge in [0, 0.05) is 0 Å². The molecule has 0 atom stereocenters. The average Bonchev–Trinajstić information content (AvgIpc) is 2.53. The number of halogens is 3. The first-order chi connectivity index (χ1) is 10.9. The van der Waals surface area contributed by atoms with Crippen molar-refractivity contribution in [3.05, 3.63) is 33.7 Å². The monoisotopic (exact) mass is 359 g/mol. The second-order valence-corrected chi connectivity index (χ2v) is 5.04. The highest BCUT2D eigenvalue weighted by atomic mass is 35.5. The number of hydrogen-bond acceptors (Lipinski definition) is 6. The minimum atomic E-state index is -0.815. The number of carbonyl (C=O) groups excluding carboxylic acids is 1.